The molecular weight excluding hydrogens is 386 g/mol. The quantitative estimate of drug-likeness (QED) is 0.331. The Hall–Kier alpha value is 0.860. The van der Waals surface area contributed by atoms with Gasteiger partial charge in [0.2, 0.25) is 0 Å². The van der Waals surface area contributed by atoms with Crippen LogP contribution in [0.25, 0.3) is 0 Å². The third-order valence-corrected chi connectivity index (χ3v) is 16.2. The van der Waals surface area contributed by atoms with Gasteiger partial charge >= 0.3 is 0 Å². The van der Waals surface area contributed by atoms with Gasteiger partial charge in [-0.3, -0.25) is 0 Å². The van der Waals surface area contributed by atoms with Gasteiger partial charge in [-0.05, 0) is 84.8 Å². The van der Waals surface area contributed by atoms with Crippen LogP contribution in [0.1, 0.15) is 131 Å². The highest BCUT2D eigenvalue weighted by Crippen LogP contribution is 2.63. The molecule has 0 aliphatic heterocycles. The summed E-state index contributed by atoms with van der Waals surface area (Å²) in [5, 5.41) is 0. The van der Waals surface area contributed by atoms with Crippen LogP contribution in [-0.2, 0) is 0 Å². The summed E-state index contributed by atoms with van der Waals surface area (Å²) in [4.78, 5) is 0. The van der Waals surface area contributed by atoms with Crippen LogP contribution < -0.4 is 0 Å². The van der Waals surface area contributed by atoms with E-state index in [2.05, 4.69) is 34.6 Å². The molecule has 3 saturated carbocycles. The normalized spacial score (nSPS) is 29.3. The van der Waals surface area contributed by atoms with Crippen molar-refractivity contribution in [2.24, 2.45) is 5.92 Å². The lowest BCUT2D eigenvalue weighted by Crippen LogP contribution is -2.31. The minimum atomic E-state index is 0.187. The van der Waals surface area contributed by atoms with Gasteiger partial charge in [-0.25, -0.2) is 0 Å². The van der Waals surface area contributed by atoms with Crippen molar-refractivity contribution < 1.29 is 0 Å². The van der Waals surface area contributed by atoms with Crippen molar-refractivity contribution in [2.75, 3.05) is 0 Å². The lowest BCUT2D eigenvalue weighted by atomic mass is 9.86. The summed E-state index contributed by atoms with van der Waals surface area (Å²) in [5.41, 5.74) is 6.25. The molecular formula is C27H52P2. The summed E-state index contributed by atoms with van der Waals surface area (Å²) in [6.07, 6.45) is 23.6. The molecule has 3 rings (SSSR count). The lowest BCUT2D eigenvalue weighted by molar-refractivity contribution is 0.338. The molecule has 0 nitrogen and oxygen atoms in total. The second kappa shape index (κ2) is 12.2. The number of hydrogen-bond donors (Lipinski definition) is 0. The van der Waals surface area contributed by atoms with E-state index in [-0.39, 0.29) is 7.92 Å². The van der Waals surface area contributed by atoms with Gasteiger partial charge in [-0.2, -0.15) is 0 Å². The molecule has 0 aromatic carbocycles. The summed E-state index contributed by atoms with van der Waals surface area (Å²) in [6, 6.07) is 0. The van der Waals surface area contributed by atoms with Gasteiger partial charge in [0, 0.05) is 0 Å². The second-order valence-corrected chi connectivity index (χ2v) is 18.4. The van der Waals surface area contributed by atoms with E-state index in [0.717, 1.165) is 39.9 Å². The molecule has 0 N–H and O–H groups in total. The highest BCUT2D eigenvalue weighted by molar-refractivity contribution is 7.60. The van der Waals surface area contributed by atoms with Gasteiger partial charge < -0.3 is 0 Å². The molecule has 170 valence electrons. The minimum absolute atomic E-state index is 0.187. The van der Waals surface area contributed by atoms with Gasteiger partial charge in [0.1, 0.15) is 0 Å². The molecule has 29 heavy (non-hydrogen) atoms. The maximum Gasteiger partial charge on any atom is -0.0202 e. The Kier molecular flexibility index (Phi) is 10.3. The summed E-state index contributed by atoms with van der Waals surface area (Å²) in [5.74, 6) is 1.06. The van der Waals surface area contributed by atoms with E-state index in [1.54, 1.807) is 83.5 Å². The van der Waals surface area contributed by atoms with E-state index in [0.29, 0.717) is 7.92 Å². The Morgan fingerprint density at radius 3 is 1.55 bits per heavy atom. The highest BCUT2D eigenvalue weighted by atomic mass is 31.1. The second-order valence-electron chi connectivity index (χ2n) is 11.4. The van der Waals surface area contributed by atoms with E-state index in [1.165, 1.54) is 12.8 Å². The third-order valence-electron chi connectivity index (χ3n) is 8.55. The lowest BCUT2D eigenvalue weighted by Gasteiger charge is -2.46. The van der Waals surface area contributed by atoms with E-state index in [4.69, 9.17) is 0 Å². The first-order valence-corrected chi connectivity index (χ1v) is 16.6. The van der Waals surface area contributed by atoms with Crippen LogP contribution in [0, 0.1) is 5.92 Å². The molecule has 0 amide bonds. The van der Waals surface area contributed by atoms with Crippen LogP contribution in [0.3, 0.4) is 0 Å². The fourth-order valence-corrected chi connectivity index (χ4v) is 16.1. The van der Waals surface area contributed by atoms with Crippen molar-refractivity contribution in [3.8, 4) is 0 Å². The SMILES string of the molecule is CC(C)P(C(C)C)C(C)CC1CCCC(P(C2CCCCC2)C2CCCCC2)C1. The van der Waals surface area contributed by atoms with Crippen molar-refractivity contribution in [2.45, 2.75) is 165 Å². The van der Waals surface area contributed by atoms with Crippen molar-refractivity contribution in [1.82, 2.24) is 0 Å². The van der Waals surface area contributed by atoms with Crippen molar-refractivity contribution >= 4 is 15.8 Å². The standard InChI is InChI=1S/C27H52P2/c1-21(2)28(22(3)4)23(5)19-24-13-12-18-27(20-24)29(25-14-8-6-9-15-25)26-16-10-7-11-17-26/h21-27H,6-20H2,1-5H3. The van der Waals surface area contributed by atoms with Crippen molar-refractivity contribution in [3.63, 3.8) is 0 Å². The molecule has 3 atom stereocenters. The van der Waals surface area contributed by atoms with E-state index in [9.17, 15) is 0 Å². The van der Waals surface area contributed by atoms with Crippen molar-refractivity contribution in [3.05, 3.63) is 0 Å². The maximum atomic E-state index is 2.63. The summed E-state index contributed by atoms with van der Waals surface area (Å²) >= 11 is 0. The van der Waals surface area contributed by atoms with Gasteiger partial charge in [-0.15, -0.1) is 0 Å². The number of rotatable bonds is 8. The van der Waals surface area contributed by atoms with Gasteiger partial charge in [-0.1, -0.05) is 102 Å². The molecule has 0 saturated heterocycles. The van der Waals surface area contributed by atoms with Crippen LogP contribution in [0.5, 0.6) is 0 Å². The fourth-order valence-electron chi connectivity index (χ4n) is 7.62. The summed E-state index contributed by atoms with van der Waals surface area (Å²) < 4.78 is 0. The van der Waals surface area contributed by atoms with Gasteiger partial charge in [0.15, 0.2) is 0 Å². The number of hydrogen-bond acceptors (Lipinski definition) is 0. The topological polar surface area (TPSA) is 0 Å². The molecule has 3 unspecified atom stereocenters. The van der Waals surface area contributed by atoms with E-state index >= 15 is 0 Å². The maximum absolute atomic E-state index is 2.63. The van der Waals surface area contributed by atoms with Crippen LogP contribution in [0.4, 0.5) is 0 Å². The third kappa shape index (κ3) is 6.92. The Morgan fingerprint density at radius 2 is 1.07 bits per heavy atom. The molecule has 3 aliphatic carbocycles. The zero-order valence-corrected chi connectivity index (χ0v) is 22.3. The zero-order chi connectivity index (χ0) is 20.8. The first kappa shape index (κ1) is 24.5. The Labute approximate surface area is 186 Å². The highest BCUT2D eigenvalue weighted by Gasteiger charge is 2.39. The summed E-state index contributed by atoms with van der Waals surface area (Å²) in [6.45, 7) is 12.6. The van der Waals surface area contributed by atoms with Crippen LogP contribution in [-0.4, -0.2) is 34.0 Å². The average Bonchev–Trinajstić information content (AvgIpc) is 2.69. The zero-order valence-electron chi connectivity index (χ0n) is 20.5. The first-order chi connectivity index (χ1) is 14.0. The molecule has 0 radical (unpaired) electrons. The molecule has 0 heterocycles. The largest absolute Gasteiger partial charge is 0.0985 e. The van der Waals surface area contributed by atoms with Gasteiger partial charge in [0.25, 0.3) is 0 Å². The predicted octanol–water partition coefficient (Wildman–Crippen LogP) is 9.77. The van der Waals surface area contributed by atoms with E-state index < -0.39 is 0 Å². The molecule has 2 heteroatoms. The average molecular weight is 439 g/mol. The monoisotopic (exact) mass is 438 g/mol. The van der Waals surface area contributed by atoms with Crippen LogP contribution >= 0.6 is 15.8 Å². The molecule has 0 aromatic rings. The predicted molar refractivity (Wildman–Crippen MR) is 138 cm³/mol. The Balaban J connectivity index is 1.65. The molecule has 3 fully saturated rings. The smallest absolute Gasteiger partial charge is 0.0202 e. The first-order valence-electron chi connectivity index (χ1n) is 13.5. The molecule has 0 spiro atoms. The minimum Gasteiger partial charge on any atom is -0.0985 e. The van der Waals surface area contributed by atoms with E-state index in [1.807, 2.05) is 0 Å². The van der Waals surface area contributed by atoms with Gasteiger partial charge in [0.05, 0.1) is 0 Å². The fraction of sp³-hybridized carbons (Fsp3) is 1.00. The van der Waals surface area contributed by atoms with Crippen molar-refractivity contribution in [1.29, 1.82) is 0 Å². The molecule has 0 aromatic heterocycles. The molecule has 0 bridgehead atoms. The summed E-state index contributed by atoms with van der Waals surface area (Å²) in [7, 11) is 0.485. The Morgan fingerprint density at radius 1 is 0.586 bits per heavy atom. The van der Waals surface area contributed by atoms with Crippen LogP contribution in [0.15, 0.2) is 0 Å². The van der Waals surface area contributed by atoms with Crippen LogP contribution in [0.2, 0.25) is 0 Å². The Bertz CT molecular complexity index is 421. The molecule has 3 aliphatic rings.